The number of rotatable bonds is 6. The highest BCUT2D eigenvalue weighted by atomic mass is 32.1. The second-order valence-electron chi connectivity index (χ2n) is 6.76. The number of fused-ring (bicyclic) bond motifs is 1. The molecule has 0 bridgehead atoms. The van der Waals surface area contributed by atoms with Gasteiger partial charge in [-0.2, -0.15) is 0 Å². The quantitative estimate of drug-likeness (QED) is 0.578. The lowest BCUT2D eigenvalue weighted by molar-refractivity contribution is -0.130. The Morgan fingerprint density at radius 3 is 2.96 bits per heavy atom. The van der Waals surface area contributed by atoms with Crippen LogP contribution < -0.4 is 15.4 Å². The summed E-state index contributed by atoms with van der Waals surface area (Å²) < 4.78 is 5.72. The summed E-state index contributed by atoms with van der Waals surface area (Å²) >= 11 is 1.78. The molecule has 1 aromatic heterocycles. The molecular formula is C21H28N4O2S. The average molecular weight is 401 g/mol. The van der Waals surface area contributed by atoms with E-state index in [2.05, 4.69) is 39.2 Å². The second-order valence-corrected chi connectivity index (χ2v) is 7.76. The fraction of sp³-hybridized carbons (Fsp3) is 0.429. The molecule has 0 aliphatic carbocycles. The van der Waals surface area contributed by atoms with Gasteiger partial charge in [0.1, 0.15) is 5.75 Å². The number of benzene rings is 1. The van der Waals surface area contributed by atoms with Gasteiger partial charge in [-0.25, -0.2) is 0 Å². The number of nitrogens with zero attached hydrogens (tertiary/aromatic N) is 2. The van der Waals surface area contributed by atoms with Crippen LogP contribution in [0.4, 0.5) is 0 Å². The molecule has 0 unspecified atom stereocenters. The predicted octanol–water partition coefficient (Wildman–Crippen LogP) is 2.71. The summed E-state index contributed by atoms with van der Waals surface area (Å²) in [5.41, 5.74) is 3.49. The lowest BCUT2D eigenvalue weighted by Crippen LogP contribution is -2.45. The van der Waals surface area contributed by atoms with Crippen LogP contribution in [0.1, 0.15) is 28.5 Å². The van der Waals surface area contributed by atoms with Crippen molar-refractivity contribution < 1.29 is 9.53 Å². The van der Waals surface area contributed by atoms with Crippen molar-refractivity contribution in [1.82, 2.24) is 15.5 Å². The number of nitrogens with one attached hydrogen (secondary N) is 2. The molecule has 6 nitrogen and oxygen atoms in total. The Bertz CT molecular complexity index is 847. The fourth-order valence-electron chi connectivity index (χ4n) is 3.23. The number of aryl methyl sites for hydroxylation is 1. The van der Waals surface area contributed by atoms with Gasteiger partial charge in [-0.1, -0.05) is 12.1 Å². The number of ether oxygens (including phenoxy) is 1. The zero-order valence-corrected chi connectivity index (χ0v) is 17.6. The summed E-state index contributed by atoms with van der Waals surface area (Å²) in [6, 6.07) is 8.27. The monoisotopic (exact) mass is 400 g/mol. The van der Waals surface area contributed by atoms with Crippen molar-refractivity contribution in [2.45, 2.75) is 33.4 Å². The summed E-state index contributed by atoms with van der Waals surface area (Å²) in [6.45, 7) is 6.93. The van der Waals surface area contributed by atoms with Crippen molar-refractivity contribution in [3.05, 3.63) is 51.2 Å². The fourth-order valence-corrected chi connectivity index (χ4v) is 4.12. The van der Waals surface area contributed by atoms with Gasteiger partial charge in [0.25, 0.3) is 0 Å². The van der Waals surface area contributed by atoms with Crippen molar-refractivity contribution in [2.75, 3.05) is 26.7 Å². The van der Waals surface area contributed by atoms with Crippen LogP contribution in [0.3, 0.4) is 0 Å². The highest BCUT2D eigenvalue weighted by molar-refractivity contribution is 7.10. The van der Waals surface area contributed by atoms with E-state index in [-0.39, 0.29) is 12.5 Å². The van der Waals surface area contributed by atoms with E-state index in [1.807, 2.05) is 24.8 Å². The smallest absolute Gasteiger partial charge is 0.242 e. The maximum Gasteiger partial charge on any atom is 0.242 e. The molecule has 1 aliphatic heterocycles. The maximum atomic E-state index is 12.6. The number of carbonyl (C=O) groups excluding carboxylic acids is 1. The Morgan fingerprint density at radius 2 is 2.18 bits per heavy atom. The molecule has 0 fully saturated rings. The SMILES string of the molecule is CCOc1cc(C)ccc1CNC(=NC)NCC(=O)N1CCc2sccc2C1. The molecular weight excluding hydrogens is 372 g/mol. The van der Waals surface area contributed by atoms with Gasteiger partial charge < -0.3 is 20.3 Å². The molecule has 0 spiro atoms. The Hall–Kier alpha value is -2.54. The summed E-state index contributed by atoms with van der Waals surface area (Å²) in [4.78, 5) is 20.1. The van der Waals surface area contributed by atoms with Crippen LogP contribution in [-0.4, -0.2) is 43.5 Å². The topological polar surface area (TPSA) is 66.0 Å². The lowest BCUT2D eigenvalue weighted by Gasteiger charge is -2.27. The largest absolute Gasteiger partial charge is 0.494 e. The molecule has 2 N–H and O–H groups in total. The summed E-state index contributed by atoms with van der Waals surface area (Å²) in [5.74, 6) is 1.57. The summed E-state index contributed by atoms with van der Waals surface area (Å²) in [7, 11) is 1.71. The summed E-state index contributed by atoms with van der Waals surface area (Å²) in [5, 5.41) is 8.49. The minimum atomic E-state index is 0.0881. The molecule has 3 rings (SSSR count). The van der Waals surface area contributed by atoms with Crippen LogP contribution in [0, 0.1) is 6.92 Å². The Morgan fingerprint density at radius 1 is 1.32 bits per heavy atom. The van der Waals surface area contributed by atoms with Crippen molar-refractivity contribution >= 4 is 23.2 Å². The normalized spacial score (nSPS) is 13.8. The first-order valence-electron chi connectivity index (χ1n) is 9.60. The molecule has 1 aliphatic rings. The minimum absolute atomic E-state index is 0.0881. The molecule has 0 saturated heterocycles. The third-order valence-corrected chi connectivity index (χ3v) is 5.78. The van der Waals surface area contributed by atoms with Gasteiger partial charge in [0.2, 0.25) is 5.91 Å². The van der Waals surface area contributed by atoms with Gasteiger partial charge in [-0.05, 0) is 48.9 Å². The number of hydrogen-bond donors (Lipinski definition) is 2. The number of aliphatic imine (C=N–C) groups is 1. The molecule has 7 heteroatoms. The van der Waals surface area contributed by atoms with Gasteiger partial charge in [-0.3, -0.25) is 9.79 Å². The molecule has 1 aromatic carbocycles. The van der Waals surface area contributed by atoms with Gasteiger partial charge in [0, 0.05) is 37.1 Å². The van der Waals surface area contributed by atoms with Crippen molar-refractivity contribution in [3.8, 4) is 5.75 Å². The van der Waals surface area contributed by atoms with Crippen molar-refractivity contribution in [1.29, 1.82) is 0 Å². The van der Waals surface area contributed by atoms with Crippen LogP contribution in [-0.2, 0) is 24.3 Å². The van der Waals surface area contributed by atoms with Gasteiger partial charge >= 0.3 is 0 Å². The van der Waals surface area contributed by atoms with Gasteiger partial charge in [-0.15, -0.1) is 11.3 Å². The first kappa shape index (κ1) is 20.2. The summed E-state index contributed by atoms with van der Waals surface area (Å²) in [6.07, 6.45) is 0.944. The van der Waals surface area contributed by atoms with Crippen LogP contribution in [0.15, 0.2) is 34.6 Å². The van der Waals surface area contributed by atoms with E-state index in [1.165, 1.54) is 10.4 Å². The van der Waals surface area contributed by atoms with Crippen LogP contribution in [0.5, 0.6) is 5.75 Å². The maximum absolute atomic E-state index is 12.6. The van der Waals surface area contributed by atoms with E-state index in [4.69, 9.17) is 4.74 Å². The zero-order chi connectivity index (χ0) is 19.9. The average Bonchev–Trinajstić information content (AvgIpc) is 3.17. The number of hydrogen-bond acceptors (Lipinski definition) is 4. The first-order chi connectivity index (χ1) is 13.6. The zero-order valence-electron chi connectivity index (χ0n) is 16.7. The predicted molar refractivity (Wildman–Crippen MR) is 114 cm³/mol. The van der Waals surface area contributed by atoms with Gasteiger partial charge in [0.15, 0.2) is 5.96 Å². The molecule has 28 heavy (non-hydrogen) atoms. The van der Waals surface area contributed by atoms with E-state index >= 15 is 0 Å². The molecule has 150 valence electrons. The lowest BCUT2D eigenvalue weighted by atomic mass is 10.1. The number of thiophene rings is 1. The molecule has 0 atom stereocenters. The Labute approximate surface area is 170 Å². The minimum Gasteiger partial charge on any atom is -0.494 e. The van der Waals surface area contributed by atoms with Crippen LogP contribution in [0.25, 0.3) is 0 Å². The van der Waals surface area contributed by atoms with Crippen LogP contribution in [0.2, 0.25) is 0 Å². The van der Waals surface area contributed by atoms with E-state index in [0.29, 0.717) is 25.7 Å². The number of guanidine groups is 1. The molecule has 2 heterocycles. The Balaban J connectivity index is 1.51. The second kappa shape index (κ2) is 9.59. The van der Waals surface area contributed by atoms with E-state index < -0.39 is 0 Å². The third-order valence-electron chi connectivity index (χ3n) is 4.76. The highest BCUT2D eigenvalue weighted by Crippen LogP contribution is 2.24. The molecule has 0 radical (unpaired) electrons. The number of amides is 1. The first-order valence-corrected chi connectivity index (χ1v) is 10.5. The van der Waals surface area contributed by atoms with E-state index in [1.54, 1.807) is 18.4 Å². The number of carbonyl (C=O) groups is 1. The van der Waals surface area contributed by atoms with Crippen molar-refractivity contribution in [2.24, 2.45) is 4.99 Å². The molecule has 1 amide bonds. The standard InChI is InChI=1S/C21H28N4O2S/c1-4-27-18-11-15(2)5-6-16(18)12-23-21(22-3)24-13-20(26)25-9-7-19-17(14-25)8-10-28-19/h5-6,8,10-11H,4,7,9,12-14H2,1-3H3,(H2,22,23,24). The molecule has 0 saturated carbocycles. The Kier molecular flexibility index (Phi) is 6.92. The highest BCUT2D eigenvalue weighted by Gasteiger charge is 2.21. The van der Waals surface area contributed by atoms with Crippen molar-refractivity contribution in [3.63, 3.8) is 0 Å². The molecule has 2 aromatic rings. The van der Waals surface area contributed by atoms with Gasteiger partial charge in [0.05, 0.1) is 13.2 Å². The van der Waals surface area contributed by atoms with E-state index in [9.17, 15) is 4.79 Å². The third kappa shape index (κ3) is 5.04. The van der Waals surface area contributed by atoms with Crippen LogP contribution >= 0.6 is 11.3 Å². The van der Waals surface area contributed by atoms with E-state index in [0.717, 1.165) is 29.8 Å².